The highest BCUT2D eigenvalue weighted by molar-refractivity contribution is 5.93. The first-order valence-electron chi connectivity index (χ1n) is 9.41. The SMILES string of the molecule is Cc1cc(C)n(Cc2cccc(CNC(=O)c3ccc(-n4cccn4)nc3)c2)n1. The van der Waals surface area contributed by atoms with Crippen molar-refractivity contribution < 1.29 is 4.79 Å². The van der Waals surface area contributed by atoms with Crippen molar-refractivity contribution in [3.63, 3.8) is 0 Å². The lowest BCUT2D eigenvalue weighted by molar-refractivity contribution is 0.0950. The highest BCUT2D eigenvalue weighted by Gasteiger charge is 2.08. The minimum Gasteiger partial charge on any atom is -0.348 e. The number of rotatable bonds is 6. The molecule has 1 N–H and O–H groups in total. The Labute approximate surface area is 169 Å². The van der Waals surface area contributed by atoms with Crippen LogP contribution in [0.5, 0.6) is 0 Å². The molecule has 0 atom stereocenters. The topological polar surface area (TPSA) is 77.6 Å². The summed E-state index contributed by atoms with van der Waals surface area (Å²) < 4.78 is 3.63. The van der Waals surface area contributed by atoms with E-state index in [2.05, 4.69) is 45.6 Å². The van der Waals surface area contributed by atoms with Crippen molar-refractivity contribution >= 4 is 5.91 Å². The van der Waals surface area contributed by atoms with E-state index in [9.17, 15) is 4.79 Å². The van der Waals surface area contributed by atoms with E-state index < -0.39 is 0 Å². The summed E-state index contributed by atoms with van der Waals surface area (Å²) in [7, 11) is 0. The lowest BCUT2D eigenvalue weighted by Gasteiger charge is -2.09. The molecule has 146 valence electrons. The van der Waals surface area contributed by atoms with Gasteiger partial charge in [-0.25, -0.2) is 9.67 Å². The smallest absolute Gasteiger partial charge is 0.253 e. The molecule has 29 heavy (non-hydrogen) atoms. The lowest BCUT2D eigenvalue weighted by atomic mass is 10.1. The fourth-order valence-corrected chi connectivity index (χ4v) is 3.19. The highest BCUT2D eigenvalue weighted by atomic mass is 16.1. The van der Waals surface area contributed by atoms with E-state index in [1.807, 2.05) is 29.8 Å². The number of hydrogen-bond acceptors (Lipinski definition) is 4. The Kier molecular flexibility index (Phi) is 5.20. The fourth-order valence-electron chi connectivity index (χ4n) is 3.19. The average molecular weight is 386 g/mol. The molecule has 4 aromatic rings. The van der Waals surface area contributed by atoms with E-state index in [1.165, 1.54) is 0 Å². The van der Waals surface area contributed by atoms with E-state index in [-0.39, 0.29) is 5.91 Å². The van der Waals surface area contributed by atoms with E-state index in [0.29, 0.717) is 24.5 Å². The molecular formula is C22H22N6O. The van der Waals surface area contributed by atoms with Gasteiger partial charge in [-0.05, 0) is 49.2 Å². The summed E-state index contributed by atoms with van der Waals surface area (Å²) in [6, 6.07) is 15.6. The van der Waals surface area contributed by atoms with Crippen LogP contribution in [0.1, 0.15) is 32.9 Å². The maximum absolute atomic E-state index is 12.5. The Bertz CT molecular complexity index is 1110. The number of benzene rings is 1. The second-order valence-electron chi connectivity index (χ2n) is 6.94. The number of carbonyl (C=O) groups excluding carboxylic acids is 1. The first kappa shape index (κ1) is 18.6. The predicted molar refractivity (Wildman–Crippen MR) is 110 cm³/mol. The molecule has 0 saturated carbocycles. The molecule has 0 unspecified atom stereocenters. The van der Waals surface area contributed by atoms with Crippen molar-refractivity contribution in [2.75, 3.05) is 0 Å². The number of nitrogens with zero attached hydrogens (tertiary/aromatic N) is 5. The molecule has 0 spiro atoms. The number of nitrogens with one attached hydrogen (secondary N) is 1. The maximum Gasteiger partial charge on any atom is 0.253 e. The van der Waals surface area contributed by atoms with Crippen molar-refractivity contribution in [3.05, 3.63) is 95.2 Å². The number of hydrogen-bond donors (Lipinski definition) is 1. The fraction of sp³-hybridized carbons (Fsp3) is 0.182. The van der Waals surface area contributed by atoms with Crippen molar-refractivity contribution in [1.82, 2.24) is 29.9 Å². The third kappa shape index (κ3) is 4.40. The number of pyridine rings is 1. The summed E-state index contributed by atoms with van der Waals surface area (Å²) in [5.41, 5.74) is 4.84. The number of aromatic nitrogens is 5. The first-order chi connectivity index (χ1) is 14.1. The molecule has 0 radical (unpaired) electrons. The van der Waals surface area contributed by atoms with Gasteiger partial charge in [0.15, 0.2) is 5.82 Å². The Morgan fingerprint density at radius 3 is 2.62 bits per heavy atom. The van der Waals surface area contributed by atoms with Crippen molar-refractivity contribution in [3.8, 4) is 5.82 Å². The van der Waals surface area contributed by atoms with Gasteiger partial charge in [-0.15, -0.1) is 0 Å². The molecule has 0 saturated heterocycles. The third-order valence-electron chi connectivity index (χ3n) is 4.63. The maximum atomic E-state index is 12.5. The summed E-state index contributed by atoms with van der Waals surface area (Å²) in [6.07, 6.45) is 5.05. The molecule has 1 aromatic carbocycles. The quantitative estimate of drug-likeness (QED) is 0.552. The predicted octanol–water partition coefficient (Wildman–Crippen LogP) is 3.06. The molecule has 7 heteroatoms. The zero-order chi connectivity index (χ0) is 20.2. The van der Waals surface area contributed by atoms with Crippen LogP contribution >= 0.6 is 0 Å². The Balaban J connectivity index is 1.38. The number of carbonyl (C=O) groups is 1. The average Bonchev–Trinajstić information content (AvgIpc) is 3.37. The van der Waals surface area contributed by atoms with Crippen LogP contribution in [0.15, 0.2) is 67.1 Å². The zero-order valence-corrected chi connectivity index (χ0v) is 16.4. The minimum atomic E-state index is -0.159. The summed E-state index contributed by atoms with van der Waals surface area (Å²) in [6.45, 7) is 5.20. The Hall–Kier alpha value is -3.74. The van der Waals surface area contributed by atoms with Gasteiger partial charge in [0.05, 0.1) is 17.8 Å². The van der Waals surface area contributed by atoms with E-state index in [1.54, 1.807) is 35.4 Å². The van der Waals surface area contributed by atoms with Crippen LogP contribution in [0.25, 0.3) is 5.82 Å². The molecule has 1 amide bonds. The molecule has 0 aliphatic carbocycles. The van der Waals surface area contributed by atoms with Crippen LogP contribution in [0.3, 0.4) is 0 Å². The summed E-state index contributed by atoms with van der Waals surface area (Å²) in [5.74, 6) is 0.511. The van der Waals surface area contributed by atoms with Gasteiger partial charge in [-0.1, -0.05) is 24.3 Å². The van der Waals surface area contributed by atoms with Crippen LogP contribution in [0, 0.1) is 13.8 Å². The van der Waals surface area contributed by atoms with Gasteiger partial charge in [0.2, 0.25) is 0 Å². The molecule has 0 fully saturated rings. The Morgan fingerprint density at radius 1 is 1.07 bits per heavy atom. The van der Waals surface area contributed by atoms with Gasteiger partial charge in [0.1, 0.15) is 0 Å². The van der Waals surface area contributed by atoms with Crippen LogP contribution in [0.2, 0.25) is 0 Å². The van der Waals surface area contributed by atoms with E-state index >= 15 is 0 Å². The Morgan fingerprint density at radius 2 is 1.93 bits per heavy atom. The molecule has 0 aliphatic rings. The normalized spacial score (nSPS) is 10.8. The van der Waals surface area contributed by atoms with Crippen LogP contribution in [0.4, 0.5) is 0 Å². The first-order valence-corrected chi connectivity index (χ1v) is 9.41. The third-order valence-corrected chi connectivity index (χ3v) is 4.63. The van der Waals surface area contributed by atoms with Gasteiger partial charge in [0, 0.05) is 30.8 Å². The van der Waals surface area contributed by atoms with Gasteiger partial charge in [-0.3, -0.25) is 9.48 Å². The van der Waals surface area contributed by atoms with Gasteiger partial charge in [0.25, 0.3) is 5.91 Å². The lowest BCUT2D eigenvalue weighted by Crippen LogP contribution is -2.23. The number of aryl methyl sites for hydroxylation is 2. The van der Waals surface area contributed by atoms with Gasteiger partial charge >= 0.3 is 0 Å². The second-order valence-corrected chi connectivity index (χ2v) is 6.94. The standard InChI is InChI=1S/C22H22N6O/c1-16-11-17(2)28(26-16)15-19-6-3-5-18(12-19)13-24-22(29)20-7-8-21(23-14-20)27-10-4-9-25-27/h3-12,14H,13,15H2,1-2H3,(H,24,29). The highest BCUT2D eigenvalue weighted by Crippen LogP contribution is 2.11. The second kappa shape index (κ2) is 8.10. The summed E-state index contributed by atoms with van der Waals surface area (Å²) in [5, 5.41) is 11.6. The molecule has 0 aliphatic heterocycles. The zero-order valence-electron chi connectivity index (χ0n) is 16.4. The summed E-state index contributed by atoms with van der Waals surface area (Å²) in [4.78, 5) is 16.7. The number of amides is 1. The molecular weight excluding hydrogens is 364 g/mol. The monoisotopic (exact) mass is 386 g/mol. The van der Waals surface area contributed by atoms with E-state index in [4.69, 9.17) is 0 Å². The van der Waals surface area contributed by atoms with Crippen molar-refractivity contribution in [1.29, 1.82) is 0 Å². The molecule has 3 aromatic heterocycles. The summed E-state index contributed by atoms with van der Waals surface area (Å²) >= 11 is 0. The molecule has 7 nitrogen and oxygen atoms in total. The van der Waals surface area contributed by atoms with Gasteiger partial charge in [-0.2, -0.15) is 10.2 Å². The molecule has 4 rings (SSSR count). The molecule has 3 heterocycles. The van der Waals surface area contributed by atoms with Crippen LogP contribution in [-0.4, -0.2) is 30.5 Å². The minimum absolute atomic E-state index is 0.159. The van der Waals surface area contributed by atoms with Gasteiger partial charge < -0.3 is 5.32 Å². The van der Waals surface area contributed by atoms with Crippen LogP contribution in [-0.2, 0) is 13.1 Å². The van der Waals surface area contributed by atoms with Crippen molar-refractivity contribution in [2.45, 2.75) is 26.9 Å². The van der Waals surface area contributed by atoms with E-state index in [0.717, 1.165) is 22.5 Å². The molecule has 0 bridgehead atoms. The van der Waals surface area contributed by atoms with Crippen LogP contribution < -0.4 is 5.32 Å². The largest absolute Gasteiger partial charge is 0.348 e. The van der Waals surface area contributed by atoms with Crippen molar-refractivity contribution in [2.24, 2.45) is 0 Å².